The molecule has 2 aliphatic heterocycles. The average Bonchev–Trinajstić information content (AvgIpc) is 2.84. The molecule has 4 rings (SSSR count). The topological polar surface area (TPSA) is 3.24 Å². The Morgan fingerprint density at radius 1 is 1.00 bits per heavy atom. The highest BCUT2D eigenvalue weighted by Gasteiger charge is 2.37. The van der Waals surface area contributed by atoms with Crippen LogP contribution in [-0.4, -0.2) is 17.0 Å². The largest absolute Gasteiger partial charge is 0.416 e. The van der Waals surface area contributed by atoms with Crippen LogP contribution in [0.1, 0.15) is 36.0 Å². The van der Waals surface area contributed by atoms with Crippen molar-refractivity contribution in [1.29, 1.82) is 0 Å². The van der Waals surface area contributed by atoms with E-state index in [-0.39, 0.29) is 18.0 Å². The molecular formula is C22H21F4N. The van der Waals surface area contributed by atoms with Gasteiger partial charge in [0, 0.05) is 18.6 Å². The Morgan fingerprint density at radius 2 is 1.78 bits per heavy atom. The van der Waals surface area contributed by atoms with Gasteiger partial charge in [-0.2, -0.15) is 13.2 Å². The van der Waals surface area contributed by atoms with Crippen molar-refractivity contribution in [2.24, 2.45) is 0 Å². The van der Waals surface area contributed by atoms with Crippen LogP contribution in [0.3, 0.4) is 0 Å². The van der Waals surface area contributed by atoms with Crippen molar-refractivity contribution in [2.75, 3.05) is 0 Å². The van der Waals surface area contributed by atoms with Gasteiger partial charge >= 0.3 is 6.18 Å². The lowest BCUT2D eigenvalue weighted by Crippen LogP contribution is -2.38. The lowest BCUT2D eigenvalue weighted by atomic mass is 9.92. The second kappa shape index (κ2) is 7.12. The van der Waals surface area contributed by atoms with Crippen molar-refractivity contribution in [3.05, 3.63) is 82.7 Å². The second-order valence-corrected chi connectivity index (χ2v) is 7.46. The van der Waals surface area contributed by atoms with E-state index in [2.05, 4.69) is 23.1 Å². The van der Waals surface area contributed by atoms with Gasteiger partial charge in [0.15, 0.2) is 0 Å². The molecule has 0 aromatic heterocycles. The van der Waals surface area contributed by atoms with Crippen molar-refractivity contribution >= 4 is 0 Å². The number of rotatable bonds is 4. The van der Waals surface area contributed by atoms with Crippen molar-refractivity contribution in [3.8, 4) is 0 Å². The first-order chi connectivity index (χ1) is 12.9. The minimum absolute atomic E-state index is 0.0321. The fourth-order valence-electron chi connectivity index (χ4n) is 4.41. The molecule has 2 aromatic rings. The van der Waals surface area contributed by atoms with Crippen LogP contribution in [-0.2, 0) is 19.1 Å². The third-order valence-electron chi connectivity index (χ3n) is 5.61. The molecule has 5 heteroatoms. The number of alkyl halides is 3. The highest BCUT2D eigenvalue weighted by Crippen LogP contribution is 2.39. The van der Waals surface area contributed by atoms with Crippen LogP contribution in [0.5, 0.6) is 0 Å². The third-order valence-corrected chi connectivity index (χ3v) is 5.61. The van der Waals surface area contributed by atoms with E-state index in [1.54, 1.807) is 0 Å². The quantitative estimate of drug-likeness (QED) is 0.486. The van der Waals surface area contributed by atoms with Gasteiger partial charge in [-0.05, 0) is 55.0 Å². The lowest BCUT2D eigenvalue weighted by Gasteiger charge is -2.34. The Bertz CT molecular complexity index is 841. The van der Waals surface area contributed by atoms with Gasteiger partial charge in [-0.15, -0.1) is 0 Å². The monoisotopic (exact) mass is 375 g/mol. The minimum Gasteiger partial charge on any atom is -0.289 e. The average molecular weight is 375 g/mol. The van der Waals surface area contributed by atoms with Crippen molar-refractivity contribution in [3.63, 3.8) is 0 Å². The van der Waals surface area contributed by atoms with E-state index in [0.29, 0.717) is 6.04 Å². The second-order valence-electron chi connectivity index (χ2n) is 7.46. The number of nitrogens with zero attached hydrogens (tertiary/aromatic N) is 1. The third kappa shape index (κ3) is 3.93. The van der Waals surface area contributed by atoms with Crippen molar-refractivity contribution < 1.29 is 17.6 Å². The molecule has 1 nitrogen and oxygen atoms in total. The van der Waals surface area contributed by atoms with Gasteiger partial charge in [-0.3, -0.25) is 4.90 Å². The number of benzene rings is 2. The summed E-state index contributed by atoms with van der Waals surface area (Å²) in [5.41, 5.74) is 1.53. The Balaban J connectivity index is 1.54. The van der Waals surface area contributed by atoms with E-state index in [9.17, 15) is 17.6 Å². The van der Waals surface area contributed by atoms with Crippen LogP contribution >= 0.6 is 0 Å². The maximum atomic E-state index is 13.6. The van der Waals surface area contributed by atoms with Crippen molar-refractivity contribution in [1.82, 2.24) is 4.90 Å². The Hall–Kier alpha value is -2.14. The van der Waals surface area contributed by atoms with E-state index in [1.165, 1.54) is 5.56 Å². The molecule has 142 valence electrons. The summed E-state index contributed by atoms with van der Waals surface area (Å²) in [5, 5.41) is 0. The first-order valence-electron chi connectivity index (χ1n) is 9.25. The predicted octanol–water partition coefficient (Wildman–Crippen LogP) is 5.75. The first-order valence-corrected chi connectivity index (χ1v) is 9.25. The number of hydrogen-bond donors (Lipinski definition) is 0. The fourth-order valence-corrected chi connectivity index (χ4v) is 4.41. The maximum Gasteiger partial charge on any atom is 0.416 e. The first kappa shape index (κ1) is 18.2. The smallest absolute Gasteiger partial charge is 0.289 e. The van der Waals surface area contributed by atoms with Gasteiger partial charge in [0.2, 0.25) is 0 Å². The summed E-state index contributed by atoms with van der Waals surface area (Å²) in [7, 11) is 0. The molecule has 2 aliphatic rings. The van der Waals surface area contributed by atoms with E-state index in [4.69, 9.17) is 0 Å². The molecule has 2 heterocycles. The zero-order chi connectivity index (χ0) is 19.0. The normalized spacial score (nSPS) is 22.7. The highest BCUT2D eigenvalue weighted by atomic mass is 19.4. The maximum absolute atomic E-state index is 13.6. The predicted molar refractivity (Wildman–Crippen MR) is 96.6 cm³/mol. The lowest BCUT2D eigenvalue weighted by molar-refractivity contribution is -0.138. The zero-order valence-electron chi connectivity index (χ0n) is 14.8. The minimum atomic E-state index is -4.46. The molecule has 2 bridgehead atoms. The van der Waals surface area contributed by atoms with Gasteiger partial charge in [0.25, 0.3) is 0 Å². The van der Waals surface area contributed by atoms with Gasteiger partial charge in [0.05, 0.1) is 5.56 Å². The van der Waals surface area contributed by atoms with Gasteiger partial charge in [-0.25, -0.2) is 4.39 Å². The summed E-state index contributed by atoms with van der Waals surface area (Å²) < 4.78 is 53.3. The SMILES string of the molecule is Fc1ccc(C(F)(F)F)c(CC2=CC3CCC(C2)N3Cc2ccccc2)c1. The zero-order valence-corrected chi connectivity index (χ0v) is 14.8. The molecule has 0 amide bonds. The molecule has 1 saturated heterocycles. The molecule has 0 radical (unpaired) electrons. The molecule has 2 unspecified atom stereocenters. The molecule has 0 saturated carbocycles. The van der Waals surface area contributed by atoms with Gasteiger partial charge in [0.1, 0.15) is 5.82 Å². The van der Waals surface area contributed by atoms with Gasteiger partial charge < -0.3 is 0 Å². The molecule has 27 heavy (non-hydrogen) atoms. The highest BCUT2D eigenvalue weighted by molar-refractivity contribution is 5.35. The van der Waals surface area contributed by atoms with Crippen LogP contribution in [0.25, 0.3) is 0 Å². The van der Waals surface area contributed by atoms with Crippen LogP contribution in [0.4, 0.5) is 17.6 Å². The molecule has 0 aliphatic carbocycles. The Morgan fingerprint density at radius 3 is 2.48 bits per heavy atom. The summed E-state index contributed by atoms with van der Waals surface area (Å²) >= 11 is 0. The summed E-state index contributed by atoms with van der Waals surface area (Å²) in [6.45, 7) is 0.855. The van der Waals surface area contributed by atoms with Crippen LogP contribution in [0, 0.1) is 5.82 Å². The van der Waals surface area contributed by atoms with Gasteiger partial charge in [-0.1, -0.05) is 42.0 Å². The summed E-state index contributed by atoms with van der Waals surface area (Å²) in [6, 6.07) is 13.6. The molecule has 0 N–H and O–H groups in total. The molecule has 0 spiro atoms. The molecule has 2 atom stereocenters. The number of halogens is 4. The van der Waals surface area contributed by atoms with Crippen LogP contribution < -0.4 is 0 Å². The van der Waals surface area contributed by atoms with E-state index >= 15 is 0 Å². The number of hydrogen-bond acceptors (Lipinski definition) is 1. The van der Waals surface area contributed by atoms with E-state index in [1.807, 2.05) is 18.2 Å². The number of fused-ring (bicyclic) bond motifs is 2. The van der Waals surface area contributed by atoms with Crippen LogP contribution in [0.2, 0.25) is 0 Å². The Labute approximate surface area is 156 Å². The molecule has 2 aromatic carbocycles. The van der Waals surface area contributed by atoms with Crippen molar-refractivity contribution in [2.45, 2.75) is 50.5 Å². The van der Waals surface area contributed by atoms with E-state index < -0.39 is 17.6 Å². The summed E-state index contributed by atoms with van der Waals surface area (Å²) in [4.78, 5) is 2.44. The molecular weight excluding hydrogens is 354 g/mol. The fraction of sp³-hybridized carbons (Fsp3) is 0.364. The summed E-state index contributed by atoms with van der Waals surface area (Å²) in [6.07, 6.45) is 0.632. The molecule has 1 fully saturated rings. The van der Waals surface area contributed by atoms with E-state index in [0.717, 1.165) is 49.6 Å². The summed E-state index contributed by atoms with van der Waals surface area (Å²) in [5.74, 6) is -0.622. The standard InChI is InChI=1S/C22H21F4N/c23-18-6-9-21(22(24,25)26)17(13-18)10-16-11-19-7-8-20(12-16)27(19)14-15-4-2-1-3-5-15/h1-6,9,11,13,19-20H,7-8,10,12,14H2. The Kier molecular flexibility index (Phi) is 4.81. The van der Waals surface area contributed by atoms with Crippen LogP contribution in [0.15, 0.2) is 60.2 Å².